The number of ether oxygens (including phenoxy) is 1. The summed E-state index contributed by atoms with van der Waals surface area (Å²) >= 11 is 0. The van der Waals surface area contributed by atoms with Crippen LogP contribution in [0.25, 0.3) is 17.0 Å². The number of nitrogens with zero attached hydrogens (tertiary/aromatic N) is 1. The molecule has 0 radical (unpaired) electrons. The van der Waals surface area contributed by atoms with Gasteiger partial charge in [-0.05, 0) is 60.5 Å². The number of carboxylic acid groups (broad SMARTS) is 1. The van der Waals surface area contributed by atoms with Gasteiger partial charge in [-0.1, -0.05) is 42.5 Å². The predicted octanol–water partition coefficient (Wildman–Crippen LogP) is 5.32. The van der Waals surface area contributed by atoms with E-state index in [-0.39, 0.29) is 5.91 Å². The van der Waals surface area contributed by atoms with Crippen molar-refractivity contribution >= 4 is 28.9 Å². The maximum absolute atomic E-state index is 13.2. The molecule has 1 aromatic heterocycles. The van der Waals surface area contributed by atoms with Gasteiger partial charge in [-0.15, -0.1) is 0 Å². The molecule has 0 fully saturated rings. The fourth-order valence-corrected chi connectivity index (χ4v) is 3.53. The molecule has 0 atom stereocenters. The summed E-state index contributed by atoms with van der Waals surface area (Å²) < 4.78 is 7.45. The van der Waals surface area contributed by atoms with E-state index in [0.717, 1.165) is 33.8 Å². The molecule has 0 saturated carbocycles. The summed E-state index contributed by atoms with van der Waals surface area (Å²) in [5, 5.41) is 9.74. The van der Waals surface area contributed by atoms with Crippen LogP contribution in [0.4, 0.5) is 0 Å². The molecule has 0 aliphatic rings. The van der Waals surface area contributed by atoms with E-state index in [9.17, 15) is 9.59 Å². The summed E-state index contributed by atoms with van der Waals surface area (Å²) in [5.74, 6) is -0.476. The quantitative estimate of drug-likeness (QED) is 0.436. The van der Waals surface area contributed by atoms with Crippen molar-refractivity contribution in [2.45, 2.75) is 13.5 Å². The van der Waals surface area contributed by atoms with Crippen LogP contribution in [0.3, 0.4) is 0 Å². The van der Waals surface area contributed by atoms with Crippen LogP contribution in [0.5, 0.6) is 5.75 Å². The lowest BCUT2D eigenvalue weighted by molar-refractivity contribution is -0.131. The first-order valence-corrected chi connectivity index (χ1v) is 9.86. The van der Waals surface area contributed by atoms with Gasteiger partial charge in [0.1, 0.15) is 12.4 Å². The van der Waals surface area contributed by atoms with E-state index >= 15 is 0 Å². The second-order valence-electron chi connectivity index (χ2n) is 7.18. The maximum atomic E-state index is 13.2. The lowest BCUT2D eigenvalue weighted by Gasteiger charge is -2.09. The van der Waals surface area contributed by atoms with E-state index in [0.29, 0.717) is 17.9 Å². The number of hydrogen-bond acceptors (Lipinski definition) is 3. The van der Waals surface area contributed by atoms with E-state index in [1.54, 1.807) is 28.8 Å². The summed E-state index contributed by atoms with van der Waals surface area (Å²) in [6.07, 6.45) is 2.63. The molecule has 5 heteroatoms. The van der Waals surface area contributed by atoms with Crippen LogP contribution in [0.1, 0.15) is 27.2 Å². The molecule has 0 spiro atoms. The molecular weight excluding hydrogens is 390 g/mol. The molecule has 0 bridgehead atoms. The van der Waals surface area contributed by atoms with Crippen LogP contribution in [0.2, 0.25) is 0 Å². The average molecular weight is 411 g/mol. The molecule has 4 rings (SSSR count). The standard InChI is InChI=1S/C26H21NO4/c1-18-16-23-20(12-15-25(28)29)8-5-9-24(23)27(18)26(30)21-10-13-22(14-11-21)31-17-19-6-3-2-4-7-19/h2-16H,17H2,1H3,(H,28,29). The Morgan fingerprint density at radius 1 is 0.968 bits per heavy atom. The van der Waals surface area contributed by atoms with Gasteiger partial charge in [0, 0.05) is 22.7 Å². The Kier molecular flexibility index (Phi) is 5.67. The highest BCUT2D eigenvalue weighted by molar-refractivity contribution is 6.05. The van der Waals surface area contributed by atoms with Crippen LogP contribution >= 0.6 is 0 Å². The van der Waals surface area contributed by atoms with E-state index in [4.69, 9.17) is 9.84 Å². The van der Waals surface area contributed by atoms with Gasteiger partial charge in [-0.3, -0.25) is 9.36 Å². The molecule has 1 N–H and O–H groups in total. The van der Waals surface area contributed by atoms with Crippen LogP contribution < -0.4 is 4.74 Å². The zero-order chi connectivity index (χ0) is 21.8. The van der Waals surface area contributed by atoms with Crippen LogP contribution in [0.15, 0.2) is 84.9 Å². The Hall–Kier alpha value is -4.12. The van der Waals surface area contributed by atoms with E-state index in [1.807, 2.05) is 61.5 Å². The van der Waals surface area contributed by atoms with Crippen molar-refractivity contribution in [1.29, 1.82) is 0 Å². The highest BCUT2D eigenvalue weighted by Gasteiger charge is 2.16. The van der Waals surface area contributed by atoms with Gasteiger partial charge in [-0.25, -0.2) is 4.79 Å². The van der Waals surface area contributed by atoms with Gasteiger partial charge >= 0.3 is 5.97 Å². The number of carbonyl (C=O) groups is 2. The third kappa shape index (κ3) is 4.41. The molecule has 0 unspecified atom stereocenters. The normalized spacial score (nSPS) is 11.1. The molecule has 3 aromatic carbocycles. The Bertz CT molecular complexity index is 1270. The predicted molar refractivity (Wildman–Crippen MR) is 120 cm³/mol. The highest BCUT2D eigenvalue weighted by atomic mass is 16.5. The zero-order valence-corrected chi connectivity index (χ0v) is 17.0. The van der Waals surface area contributed by atoms with Crippen molar-refractivity contribution in [2.75, 3.05) is 0 Å². The summed E-state index contributed by atoms with van der Waals surface area (Å²) in [7, 11) is 0. The maximum Gasteiger partial charge on any atom is 0.328 e. The number of carbonyl (C=O) groups excluding carboxylic acids is 1. The van der Waals surface area contributed by atoms with Crippen LogP contribution in [-0.2, 0) is 11.4 Å². The van der Waals surface area contributed by atoms with Crippen molar-refractivity contribution in [2.24, 2.45) is 0 Å². The van der Waals surface area contributed by atoms with Crippen LogP contribution in [-0.4, -0.2) is 21.6 Å². The van der Waals surface area contributed by atoms with Gasteiger partial charge in [-0.2, -0.15) is 0 Å². The van der Waals surface area contributed by atoms with Crippen molar-refractivity contribution in [3.63, 3.8) is 0 Å². The highest BCUT2D eigenvalue weighted by Crippen LogP contribution is 2.26. The van der Waals surface area contributed by atoms with E-state index in [2.05, 4.69) is 0 Å². The molecule has 0 aliphatic heterocycles. The Morgan fingerprint density at radius 3 is 2.42 bits per heavy atom. The fraction of sp³-hybridized carbons (Fsp3) is 0.0769. The minimum atomic E-state index is -1.01. The number of hydrogen-bond donors (Lipinski definition) is 1. The van der Waals surface area contributed by atoms with Crippen molar-refractivity contribution < 1.29 is 19.4 Å². The van der Waals surface area contributed by atoms with Gasteiger partial charge in [0.15, 0.2) is 0 Å². The number of carboxylic acids is 1. The molecule has 0 saturated heterocycles. The third-order valence-electron chi connectivity index (χ3n) is 5.02. The second kappa shape index (κ2) is 8.71. The first-order valence-electron chi connectivity index (χ1n) is 9.86. The van der Waals surface area contributed by atoms with Gasteiger partial charge in [0.2, 0.25) is 0 Å². The first kappa shape index (κ1) is 20.2. The number of fused-ring (bicyclic) bond motifs is 1. The van der Waals surface area contributed by atoms with Gasteiger partial charge in [0.25, 0.3) is 5.91 Å². The van der Waals surface area contributed by atoms with Crippen molar-refractivity contribution in [1.82, 2.24) is 4.57 Å². The van der Waals surface area contributed by atoms with Gasteiger partial charge < -0.3 is 9.84 Å². The Labute approximate surface area is 179 Å². The van der Waals surface area contributed by atoms with Crippen molar-refractivity contribution in [3.05, 3.63) is 107 Å². The lowest BCUT2D eigenvalue weighted by atomic mass is 10.1. The van der Waals surface area contributed by atoms with E-state index in [1.165, 1.54) is 6.08 Å². The molecule has 1 heterocycles. The second-order valence-corrected chi connectivity index (χ2v) is 7.18. The minimum absolute atomic E-state index is 0.151. The van der Waals surface area contributed by atoms with Gasteiger partial charge in [0.05, 0.1) is 5.52 Å². The first-order chi connectivity index (χ1) is 15.0. The fourth-order valence-electron chi connectivity index (χ4n) is 3.53. The number of aromatic nitrogens is 1. The number of benzene rings is 3. The Balaban J connectivity index is 1.58. The smallest absolute Gasteiger partial charge is 0.328 e. The monoisotopic (exact) mass is 411 g/mol. The number of rotatable bonds is 6. The lowest BCUT2D eigenvalue weighted by Crippen LogP contribution is -2.13. The molecular formula is C26H21NO4. The molecule has 154 valence electrons. The summed E-state index contributed by atoms with van der Waals surface area (Å²) in [6.45, 7) is 2.32. The Morgan fingerprint density at radius 2 is 1.71 bits per heavy atom. The topological polar surface area (TPSA) is 68.5 Å². The molecule has 31 heavy (non-hydrogen) atoms. The minimum Gasteiger partial charge on any atom is -0.489 e. The average Bonchev–Trinajstić information content (AvgIpc) is 3.13. The molecule has 4 aromatic rings. The summed E-state index contributed by atoms with van der Waals surface area (Å²) in [5.41, 5.74) is 3.88. The zero-order valence-electron chi connectivity index (χ0n) is 17.0. The number of aryl methyl sites for hydroxylation is 1. The van der Waals surface area contributed by atoms with Crippen LogP contribution in [0, 0.1) is 6.92 Å². The van der Waals surface area contributed by atoms with E-state index < -0.39 is 5.97 Å². The summed E-state index contributed by atoms with van der Waals surface area (Å²) in [6, 6.07) is 24.4. The molecule has 0 amide bonds. The third-order valence-corrected chi connectivity index (χ3v) is 5.02. The number of aliphatic carboxylic acids is 1. The molecule has 5 nitrogen and oxygen atoms in total. The SMILES string of the molecule is Cc1cc2c(C=CC(=O)O)cccc2n1C(=O)c1ccc(OCc2ccccc2)cc1. The largest absolute Gasteiger partial charge is 0.489 e. The summed E-state index contributed by atoms with van der Waals surface area (Å²) in [4.78, 5) is 24.1. The molecule has 0 aliphatic carbocycles. The van der Waals surface area contributed by atoms with Crippen molar-refractivity contribution in [3.8, 4) is 5.75 Å².